The Bertz CT molecular complexity index is 674. The fourth-order valence-corrected chi connectivity index (χ4v) is 2.77. The van der Waals surface area contributed by atoms with E-state index in [1.807, 2.05) is 0 Å². The summed E-state index contributed by atoms with van der Waals surface area (Å²) in [6.45, 7) is 3.43. The van der Waals surface area contributed by atoms with E-state index in [9.17, 15) is 18.8 Å². The Hall–Kier alpha value is -2.48. The molecule has 0 radical (unpaired) electrons. The van der Waals surface area contributed by atoms with Crippen molar-refractivity contribution in [3.8, 4) is 0 Å². The van der Waals surface area contributed by atoms with Crippen molar-refractivity contribution in [1.82, 2.24) is 20.9 Å². The number of nitrogens with one attached hydrogen (secondary N) is 3. The van der Waals surface area contributed by atoms with E-state index in [1.54, 1.807) is 6.92 Å². The highest BCUT2D eigenvalue weighted by Crippen LogP contribution is 2.28. The summed E-state index contributed by atoms with van der Waals surface area (Å²) in [6.07, 6.45) is 0. The molecule has 3 rings (SSSR count). The van der Waals surface area contributed by atoms with Gasteiger partial charge in [0.25, 0.3) is 5.91 Å². The molecule has 0 bridgehead atoms. The standard InChI is InChI=1S/C16H19FN4O3/c1-16(11-2-4-12(17)5-3-11)14(23)21(15(24)20-16)9-13(22)19-8-10-6-18-7-10/h2-5,10,18H,6-9H2,1H3,(H,19,22)(H,20,24). The van der Waals surface area contributed by atoms with Crippen LogP contribution >= 0.6 is 0 Å². The lowest BCUT2D eigenvalue weighted by Crippen LogP contribution is -2.50. The molecule has 8 heteroatoms. The Morgan fingerprint density at radius 3 is 2.58 bits per heavy atom. The normalized spacial score (nSPS) is 23.8. The van der Waals surface area contributed by atoms with E-state index in [0.29, 0.717) is 18.0 Å². The van der Waals surface area contributed by atoms with E-state index >= 15 is 0 Å². The van der Waals surface area contributed by atoms with Gasteiger partial charge in [-0.2, -0.15) is 0 Å². The molecule has 4 amide bonds. The molecule has 2 heterocycles. The lowest BCUT2D eigenvalue weighted by Gasteiger charge is -2.27. The van der Waals surface area contributed by atoms with Gasteiger partial charge in [-0.1, -0.05) is 12.1 Å². The number of halogens is 1. The molecule has 1 unspecified atom stereocenters. The topological polar surface area (TPSA) is 90.5 Å². The minimum atomic E-state index is -1.30. The van der Waals surface area contributed by atoms with Gasteiger partial charge in [-0.15, -0.1) is 0 Å². The summed E-state index contributed by atoms with van der Waals surface area (Å²) in [6, 6.07) is 4.71. The van der Waals surface area contributed by atoms with Crippen molar-refractivity contribution in [2.75, 3.05) is 26.2 Å². The van der Waals surface area contributed by atoms with Crippen LogP contribution in [-0.2, 0) is 15.1 Å². The highest BCUT2D eigenvalue weighted by atomic mass is 19.1. The zero-order valence-corrected chi connectivity index (χ0v) is 13.3. The fraction of sp³-hybridized carbons (Fsp3) is 0.438. The van der Waals surface area contributed by atoms with Gasteiger partial charge in [0.15, 0.2) is 0 Å². The van der Waals surface area contributed by atoms with Gasteiger partial charge in [-0.25, -0.2) is 9.18 Å². The maximum absolute atomic E-state index is 13.1. The molecular formula is C16H19FN4O3. The minimum absolute atomic E-state index is 0.332. The van der Waals surface area contributed by atoms with Crippen LogP contribution in [0.3, 0.4) is 0 Å². The van der Waals surface area contributed by atoms with Gasteiger partial charge in [0.2, 0.25) is 5.91 Å². The SMILES string of the molecule is CC1(c2ccc(F)cc2)NC(=O)N(CC(=O)NCC2CNC2)C1=O. The van der Waals surface area contributed by atoms with Crippen molar-refractivity contribution < 1.29 is 18.8 Å². The summed E-state index contributed by atoms with van der Waals surface area (Å²) < 4.78 is 13.1. The van der Waals surface area contributed by atoms with E-state index in [-0.39, 0.29) is 12.5 Å². The van der Waals surface area contributed by atoms with Gasteiger partial charge in [0, 0.05) is 25.6 Å². The highest BCUT2D eigenvalue weighted by molar-refractivity contribution is 6.09. The van der Waals surface area contributed by atoms with Crippen molar-refractivity contribution in [1.29, 1.82) is 0 Å². The molecule has 2 aliphatic rings. The summed E-state index contributed by atoms with van der Waals surface area (Å²) in [4.78, 5) is 37.6. The van der Waals surface area contributed by atoms with Crippen LogP contribution in [0.25, 0.3) is 0 Å². The van der Waals surface area contributed by atoms with Gasteiger partial charge < -0.3 is 16.0 Å². The van der Waals surface area contributed by atoms with E-state index in [0.717, 1.165) is 18.0 Å². The highest BCUT2D eigenvalue weighted by Gasteiger charge is 2.49. The van der Waals surface area contributed by atoms with Crippen LogP contribution in [0.1, 0.15) is 12.5 Å². The fourth-order valence-electron chi connectivity index (χ4n) is 2.77. The maximum Gasteiger partial charge on any atom is 0.325 e. The average molecular weight is 334 g/mol. The number of benzene rings is 1. The van der Waals surface area contributed by atoms with Gasteiger partial charge in [0.05, 0.1) is 0 Å². The number of imide groups is 1. The number of rotatable bonds is 5. The monoisotopic (exact) mass is 334 g/mol. The Morgan fingerprint density at radius 1 is 1.33 bits per heavy atom. The van der Waals surface area contributed by atoms with Crippen molar-refractivity contribution >= 4 is 17.8 Å². The Morgan fingerprint density at radius 2 is 2.00 bits per heavy atom. The largest absolute Gasteiger partial charge is 0.354 e. The van der Waals surface area contributed by atoms with Crippen LogP contribution in [0.4, 0.5) is 9.18 Å². The van der Waals surface area contributed by atoms with Crippen LogP contribution in [-0.4, -0.2) is 48.9 Å². The first-order valence-corrected chi connectivity index (χ1v) is 7.78. The molecular weight excluding hydrogens is 315 g/mol. The lowest BCUT2D eigenvalue weighted by molar-refractivity contribution is -0.134. The lowest BCUT2D eigenvalue weighted by atomic mass is 9.92. The van der Waals surface area contributed by atoms with Crippen molar-refractivity contribution in [3.05, 3.63) is 35.6 Å². The van der Waals surface area contributed by atoms with E-state index in [2.05, 4.69) is 16.0 Å². The second-order valence-corrected chi connectivity index (χ2v) is 6.28. The van der Waals surface area contributed by atoms with Crippen molar-refractivity contribution in [2.45, 2.75) is 12.5 Å². The summed E-state index contributed by atoms with van der Waals surface area (Å²) in [5.41, 5.74) is -0.839. The number of carbonyl (C=O) groups excluding carboxylic acids is 3. The molecule has 0 spiro atoms. The third-order valence-electron chi connectivity index (χ3n) is 4.45. The smallest absolute Gasteiger partial charge is 0.325 e. The molecule has 7 nitrogen and oxygen atoms in total. The predicted octanol–water partition coefficient (Wildman–Crippen LogP) is -0.0717. The molecule has 1 aromatic rings. The number of carbonyl (C=O) groups is 3. The van der Waals surface area contributed by atoms with Crippen molar-refractivity contribution in [2.24, 2.45) is 5.92 Å². The molecule has 2 fully saturated rings. The van der Waals surface area contributed by atoms with Crippen molar-refractivity contribution in [3.63, 3.8) is 0 Å². The first kappa shape index (κ1) is 16.4. The van der Waals surface area contributed by atoms with Gasteiger partial charge in [-0.3, -0.25) is 14.5 Å². The van der Waals surface area contributed by atoms with E-state index in [1.165, 1.54) is 24.3 Å². The molecule has 3 N–H and O–H groups in total. The van der Waals surface area contributed by atoms with Crippen LogP contribution in [0.15, 0.2) is 24.3 Å². The molecule has 2 saturated heterocycles. The first-order valence-electron chi connectivity index (χ1n) is 7.78. The third kappa shape index (κ3) is 2.96. The molecule has 128 valence electrons. The van der Waals surface area contributed by atoms with Gasteiger partial charge in [-0.05, 0) is 24.6 Å². The molecule has 24 heavy (non-hydrogen) atoms. The Labute approximate surface area is 138 Å². The van der Waals surface area contributed by atoms with Crippen LogP contribution in [0, 0.1) is 11.7 Å². The Kier molecular flexibility index (Phi) is 4.23. The molecule has 1 atom stereocenters. The number of hydrogen-bond donors (Lipinski definition) is 3. The van der Waals surface area contributed by atoms with Gasteiger partial charge >= 0.3 is 6.03 Å². The minimum Gasteiger partial charge on any atom is -0.354 e. The molecule has 0 aliphatic carbocycles. The quantitative estimate of drug-likeness (QED) is 0.658. The second kappa shape index (κ2) is 6.20. The van der Waals surface area contributed by atoms with Gasteiger partial charge in [0.1, 0.15) is 17.9 Å². The Balaban J connectivity index is 1.66. The molecule has 1 aromatic carbocycles. The first-order chi connectivity index (χ1) is 11.4. The average Bonchev–Trinajstić information content (AvgIpc) is 2.71. The molecule has 2 aliphatic heterocycles. The summed E-state index contributed by atoms with van der Waals surface area (Å²) in [7, 11) is 0. The maximum atomic E-state index is 13.1. The van der Waals surface area contributed by atoms with Crippen LogP contribution < -0.4 is 16.0 Å². The third-order valence-corrected chi connectivity index (χ3v) is 4.45. The number of nitrogens with zero attached hydrogens (tertiary/aromatic N) is 1. The summed E-state index contributed by atoms with van der Waals surface area (Å²) in [5.74, 6) is -0.948. The van der Waals surface area contributed by atoms with Crippen LogP contribution in [0.5, 0.6) is 0 Å². The number of urea groups is 1. The van der Waals surface area contributed by atoms with E-state index in [4.69, 9.17) is 0 Å². The zero-order valence-electron chi connectivity index (χ0n) is 13.3. The molecule has 0 aromatic heterocycles. The predicted molar refractivity (Wildman–Crippen MR) is 83.4 cm³/mol. The zero-order chi connectivity index (χ0) is 17.3. The van der Waals surface area contributed by atoms with Crippen LogP contribution in [0.2, 0.25) is 0 Å². The summed E-state index contributed by atoms with van der Waals surface area (Å²) >= 11 is 0. The second-order valence-electron chi connectivity index (χ2n) is 6.28. The number of hydrogen-bond acceptors (Lipinski definition) is 4. The van der Waals surface area contributed by atoms with E-state index < -0.39 is 23.3 Å². The molecule has 0 saturated carbocycles. The summed E-state index contributed by atoms with van der Waals surface area (Å²) in [5, 5.41) is 8.41. The number of amides is 4.